The van der Waals surface area contributed by atoms with Crippen LogP contribution in [-0.2, 0) is 0 Å². The number of halogens is 2. The van der Waals surface area contributed by atoms with Crippen molar-refractivity contribution in [2.24, 2.45) is 0 Å². The summed E-state index contributed by atoms with van der Waals surface area (Å²) in [6.45, 7) is 4.90. The third-order valence-corrected chi connectivity index (χ3v) is 5.46. The van der Waals surface area contributed by atoms with Gasteiger partial charge in [-0.1, -0.05) is 23.7 Å². The number of nitrogens with zero attached hydrogens (tertiary/aromatic N) is 2. The second kappa shape index (κ2) is 9.40. The number of carbonyl (C=O) groups is 2. The molecular weight excluding hydrogens is 409 g/mol. The molecule has 3 N–H and O–H groups in total. The van der Waals surface area contributed by atoms with Crippen LogP contribution in [0.1, 0.15) is 42.4 Å². The summed E-state index contributed by atoms with van der Waals surface area (Å²) < 4.78 is 14.1. The first kappa shape index (κ1) is 22.0. The average Bonchev–Trinajstić information content (AvgIpc) is 3.13. The molecule has 0 radical (unpaired) electrons. The van der Waals surface area contributed by atoms with E-state index in [-0.39, 0.29) is 40.6 Å². The minimum absolute atomic E-state index is 0.0668. The highest BCUT2D eigenvalue weighted by molar-refractivity contribution is 6.30. The number of urea groups is 1. The van der Waals surface area contributed by atoms with E-state index < -0.39 is 11.8 Å². The largest absolute Gasteiger partial charge is 0.354 e. The number of anilines is 1. The summed E-state index contributed by atoms with van der Waals surface area (Å²) in [5, 5.41) is 8.20. The lowest BCUT2D eigenvalue weighted by Gasteiger charge is -2.32. The van der Waals surface area contributed by atoms with Gasteiger partial charge in [-0.15, -0.1) is 0 Å². The van der Waals surface area contributed by atoms with Gasteiger partial charge in [-0.2, -0.15) is 0 Å². The zero-order valence-electron chi connectivity index (χ0n) is 17.1. The van der Waals surface area contributed by atoms with Gasteiger partial charge < -0.3 is 10.6 Å². The smallest absolute Gasteiger partial charge is 0.320 e. The van der Waals surface area contributed by atoms with Crippen LogP contribution in [0.3, 0.4) is 0 Å². The van der Waals surface area contributed by atoms with Gasteiger partial charge in [0.2, 0.25) is 0 Å². The Hall–Kier alpha value is -2.71. The number of likely N-dealkylation sites (tertiary alicyclic amines) is 1. The van der Waals surface area contributed by atoms with Crippen LogP contribution in [0.4, 0.5) is 15.0 Å². The summed E-state index contributed by atoms with van der Waals surface area (Å²) in [6.07, 6.45) is 0.715. The predicted octanol–water partition coefficient (Wildman–Crippen LogP) is 3.58. The maximum Gasteiger partial charge on any atom is 0.320 e. The van der Waals surface area contributed by atoms with E-state index in [4.69, 9.17) is 11.6 Å². The Labute approximate surface area is 180 Å². The van der Waals surface area contributed by atoms with Crippen LogP contribution in [0.15, 0.2) is 36.4 Å². The molecule has 30 heavy (non-hydrogen) atoms. The number of aromatic nitrogens is 1. The Morgan fingerprint density at radius 3 is 2.70 bits per heavy atom. The second-order valence-corrected chi connectivity index (χ2v) is 7.84. The van der Waals surface area contributed by atoms with Crippen molar-refractivity contribution in [1.82, 2.24) is 20.5 Å². The molecule has 0 unspecified atom stereocenters. The van der Waals surface area contributed by atoms with E-state index in [2.05, 4.69) is 39.7 Å². The fraction of sp³-hybridized carbons (Fsp3) is 0.381. The van der Waals surface area contributed by atoms with E-state index in [1.54, 1.807) is 24.3 Å². The third kappa shape index (κ3) is 4.88. The van der Waals surface area contributed by atoms with Gasteiger partial charge in [0.15, 0.2) is 0 Å². The van der Waals surface area contributed by atoms with E-state index in [0.29, 0.717) is 6.42 Å². The number of carbonyl (C=O) groups excluding carboxylic acids is 2. The Bertz CT molecular complexity index is 939. The first-order valence-electron chi connectivity index (χ1n) is 9.77. The standard InChI is InChI=1S/C21H25ClFN5O2/c1-12(2)28-10-9-16(19(28)13-7-8-14(22)15(23)11-13)26-21(30)27-18-6-4-5-17(25-18)20(29)24-3/h4-8,11-12,16,19H,9-10H2,1-3H3,(H,24,29)(H2,25,26,27,30)/t16-,19+/m1/s1. The number of pyridine rings is 1. The summed E-state index contributed by atoms with van der Waals surface area (Å²) in [4.78, 5) is 30.7. The average molecular weight is 434 g/mol. The Balaban J connectivity index is 1.76. The molecule has 1 saturated heterocycles. The van der Waals surface area contributed by atoms with Crippen molar-refractivity contribution >= 4 is 29.4 Å². The van der Waals surface area contributed by atoms with Gasteiger partial charge in [0.1, 0.15) is 17.3 Å². The Morgan fingerprint density at radius 2 is 2.03 bits per heavy atom. The van der Waals surface area contributed by atoms with E-state index in [1.165, 1.54) is 19.2 Å². The first-order valence-corrected chi connectivity index (χ1v) is 10.1. The number of amides is 3. The number of rotatable bonds is 5. The molecule has 3 rings (SSSR count). The zero-order valence-corrected chi connectivity index (χ0v) is 17.8. The molecule has 160 valence electrons. The molecule has 0 aliphatic carbocycles. The van der Waals surface area contributed by atoms with Gasteiger partial charge >= 0.3 is 6.03 Å². The minimum atomic E-state index is -0.483. The topological polar surface area (TPSA) is 86.4 Å². The first-order chi connectivity index (χ1) is 14.3. The third-order valence-electron chi connectivity index (χ3n) is 5.15. The van der Waals surface area contributed by atoms with Crippen molar-refractivity contribution in [2.75, 3.05) is 18.9 Å². The highest BCUT2D eigenvalue weighted by Crippen LogP contribution is 2.35. The quantitative estimate of drug-likeness (QED) is 0.672. The zero-order chi connectivity index (χ0) is 21.8. The van der Waals surface area contributed by atoms with Crippen LogP contribution in [-0.4, -0.2) is 47.5 Å². The van der Waals surface area contributed by atoms with Gasteiger partial charge in [-0.25, -0.2) is 14.2 Å². The van der Waals surface area contributed by atoms with Crippen LogP contribution in [0.5, 0.6) is 0 Å². The molecule has 1 fully saturated rings. The molecule has 9 heteroatoms. The molecule has 0 bridgehead atoms. The van der Waals surface area contributed by atoms with Gasteiger partial charge in [0.25, 0.3) is 5.91 Å². The molecule has 0 saturated carbocycles. The summed E-state index contributed by atoms with van der Waals surface area (Å²) in [5.74, 6) is -0.558. The normalized spacial score (nSPS) is 19.0. The van der Waals surface area contributed by atoms with E-state index in [1.807, 2.05) is 0 Å². The van der Waals surface area contributed by atoms with Crippen molar-refractivity contribution in [2.45, 2.75) is 38.4 Å². The molecule has 2 aromatic rings. The fourth-order valence-electron chi connectivity index (χ4n) is 3.75. The molecule has 2 heterocycles. The number of benzene rings is 1. The lowest BCUT2D eigenvalue weighted by Crippen LogP contribution is -2.43. The lowest BCUT2D eigenvalue weighted by atomic mass is 9.99. The van der Waals surface area contributed by atoms with Crippen molar-refractivity contribution in [3.05, 3.63) is 58.5 Å². The summed E-state index contributed by atoms with van der Waals surface area (Å²) in [5.41, 5.74) is 0.963. The molecule has 1 aromatic carbocycles. The molecule has 3 amide bonds. The molecular formula is C21H25ClFN5O2. The lowest BCUT2D eigenvalue weighted by molar-refractivity contribution is 0.0958. The Kier molecular flexibility index (Phi) is 6.89. The van der Waals surface area contributed by atoms with Gasteiger partial charge in [-0.05, 0) is 50.1 Å². The second-order valence-electron chi connectivity index (χ2n) is 7.43. The summed E-state index contributed by atoms with van der Waals surface area (Å²) in [7, 11) is 1.51. The van der Waals surface area contributed by atoms with E-state index in [0.717, 1.165) is 12.1 Å². The number of hydrogen-bond donors (Lipinski definition) is 3. The monoisotopic (exact) mass is 433 g/mol. The highest BCUT2D eigenvalue weighted by atomic mass is 35.5. The molecule has 1 aliphatic rings. The molecule has 2 atom stereocenters. The predicted molar refractivity (Wildman–Crippen MR) is 114 cm³/mol. The number of nitrogens with one attached hydrogen (secondary N) is 3. The van der Waals surface area contributed by atoms with Crippen molar-refractivity contribution < 1.29 is 14.0 Å². The van der Waals surface area contributed by atoms with Crippen molar-refractivity contribution in [3.63, 3.8) is 0 Å². The molecule has 1 aromatic heterocycles. The SMILES string of the molecule is CNC(=O)c1cccc(NC(=O)N[C@@H]2CCN(C(C)C)[C@H]2c2ccc(Cl)c(F)c2)n1. The maximum absolute atomic E-state index is 14.1. The van der Waals surface area contributed by atoms with Gasteiger partial charge in [-0.3, -0.25) is 15.0 Å². The van der Waals surface area contributed by atoms with Crippen LogP contribution in [0.25, 0.3) is 0 Å². The van der Waals surface area contributed by atoms with Crippen molar-refractivity contribution in [3.8, 4) is 0 Å². The Morgan fingerprint density at radius 1 is 1.27 bits per heavy atom. The van der Waals surface area contributed by atoms with E-state index in [9.17, 15) is 14.0 Å². The molecule has 7 nitrogen and oxygen atoms in total. The molecule has 1 aliphatic heterocycles. The fourth-order valence-corrected chi connectivity index (χ4v) is 3.86. The van der Waals surface area contributed by atoms with Gasteiger partial charge in [0.05, 0.1) is 17.1 Å². The van der Waals surface area contributed by atoms with Crippen LogP contribution < -0.4 is 16.0 Å². The molecule has 0 spiro atoms. The van der Waals surface area contributed by atoms with Gasteiger partial charge in [0, 0.05) is 19.6 Å². The minimum Gasteiger partial charge on any atom is -0.354 e. The van der Waals surface area contributed by atoms with Crippen molar-refractivity contribution in [1.29, 1.82) is 0 Å². The summed E-state index contributed by atoms with van der Waals surface area (Å²) in [6, 6.07) is 8.92. The highest BCUT2D eigenvalue weighted by Gasteiger charge is 2.37. The van der Waals surface area contributed by atoms with Crippen LogP contribution in [0, 0.1) is 5.82 Å². The summed E-state index contributed by atoms with van der Waals surface area (Å²) >= 11 is 5.84. The van der Waals surface area contributed by atoms with Crippen LogP contribution in [0.2, 0.25) is 5.02 Å². The maximum atomic E-state index is 14.1. The van der Waals surface area contributed by atoms with Crippen LogP contribution >= 0.6 is 11.6 Å². The number of hydrogen-bond acceptors (Lipinski definition) is 4. The van der Waals surface area contributed by atoms with E-state index >= 15 is 0 Å².